The van der Waals surface area contributed by atoms with E-state index in [2.05, 4.69) is 17.1 Å². The molecule has 0 atom stereocenters. The van der Waals surface area contributed by atoms with Crippen LogP contribution < -0.4 is 14.8 Å². The second kappa shape index (κ2) is 9.97. The smallest absolute Gasteiger partial charge is 0.169 e. The highest BCUT2D eigenvalue weighted by atomic mass is 32.1. The summed E-state index contributed by atoms with van der Waals surface area (Å²) in [4.78, 5) is 2.06. The highest BCUT2D eigenvalue weighted by molar-refractivity contribution is 7.80. The maximum absolute atomic E-state index is 13.0. The van der Waals surface area contributed by atoms with Gasteiger partial charge in [0, 0.05) is 19.6 Å². The Morgan fingerprint density at radius 3 is 2.38 bits per heavy atom. The number of hydrogen-bond acceptors (Lipinski definition) is 3. The third-order valence-electron chi connectivity index (χ3n) is 3.93. The number of hydrogen-bond donors (Lipinski definition) is 1. The molecule has 0 amide bonds. The zero-order valence-electron chi connectivity index (χ0n) is 15.4. The molecule has 0 saturated heterocycles. The first-order valence-electron chi connectivity index (χ1n) is 8.64. The van der Waals surface area contributed by atoms with Gasteiger partial charge in [0.2, 0.25) is 0 Å². The van der Waals surface area contributed by atoms with Gasteiger partial charge in [-0.1, -0.05) is 18.2 Å². The van der Waals surface area contributed by atoms with Crippen molar-refractivity contribution < 1.29 is 13.9 Å². The molecule has 0 spiro atoms. The summed E-state index contributed by atoms with van der Waals surface area (Å²) in [5.41, 5.74) is 2.06. The van der Waals surface area contributed by atoms with Crippen molar-refractivity contribution in [1.29, 1.82) is 0 Å². The van der Waals surface area contributed by atoms with E-state index in [-0.39, 0.29) is 5.82 Å². The van der Waals surface area contributed by atoms with Crippen LogP contribution in [0.5, 0.6) is 11.5 Å². The lowest BCUT2D eigenvalue weighted by Gasteiger charge is -2.25. The van der Waals surface area contributed by atoms with Crippen molar-refractivity contribution in [3.8, 4) is 11.5 Å². The summed E-state index contributed by atoms with van der Waals surface area (Å²) in [7, 11) is 1.63. The summed E-state index contributed by atoms with van der Waals surface area (Å²) in [5.74, 6) is 1.21. The van der Waals surface area contributed by atoms with E-state index >= 15 is 0 Å². The zero-order chi connectivity index (χ0) is 18.9. The average Bonchev–Trinajstić information content (AvgIpc) is 2.66. The van der Waals surface area contributed by atoms with Crippen molar-refractivity contribution in [3.05, 3.63) is 59.4 Å². The van der Waals surface area contributed by atoms with Gasteiger partial charge in [-0.25, -0.2) is 4.39 Å². The molecule has 140 valence electrons. The molecule has 0 heterocycles. The van der Waals surface area contributed by atoms with Gasteiger partial charge in [0.05, 0.1) is 13.7 Å². The van der Waals surface area contributed by atoms with Crippen molar-refractivity contribution in [2.24, 2.45) is 0 Å². The summed E-state index contributed by atoms with van der Waals surface area (Å²) in [6.07, 6.45) is 0. The molecular formula is C20H25FN2O2S. The van der Waals surface area contributed by atoms with Crippen LogP contribution in [0.15, 0.2) is 42.5 Å². The summed E-state index contributed by atoms with van der Waals surface area (Å²) >= 11 is 5.51. The Kier molecular flexibility index (Phi) is 7.66. The van der Waals surface area contributed by atoms with Crippen molar-refractivity contribution in [3.63, 3.8) is 0 Å². The summed E-state index contributed by atoms with van der Waals surface area (Å²) in [6, 6.07) is 12.3. The van der Waals surface area contributed by atoms with E-state index in [9.17, 15) is 4.39 Å². The van der Waals surface area contributed by atoms with Crippen molar-refractivity contribution in [2.75, 3.05) is 20.3 Å². The van der Waals surface area contributed by atoms with Gasteiger partial charge in [0.15, 0.2) is 16.6 Å². The molecule has 0 fully saturated rings. The Morgan fingerprint density at radius 1 is 1.08 bits per heavy atom. The lowest BCUT2D eigenvalue weighted by atomic mass is 10.2. The number of ether oxygens (including phenoxy) is 2. The second-order valence-corrected chi connectivity index (χ2v) is 6.10. The number of nitrogens with one attached hydrogen (secondary N) is 1. The van der Waals surface area contributed by atoms with Crippen LogP contribution in [0.2, 0.25) is 0 Å². The molecule has 0 saturated carbocycles. The molecule has 0 aromatic heterocycles. The van der Waals surface area contributed by atoms with E-state index in [1.807, 2.05) is 25.1 Å². The molecule has 2 aromatic carbocycles. The van der Waals surface area contributed by atoms with E-state index in [1.165, 1.54) is 12.1 Å². The largest absolute Gasteiger partial charge is 0.493 e. The SMILES string of the molecule is CCOc1ccc(CN(CC)C(=S)NCc2ccc(F)cc2)cc1OC. The van der Waals surface area contributed by atoms with Crippen LogP contribution in [-0.2, 0) is 13.1 Å². The number of methoxy groups -OCH3 is 1. The molecule has 2 aromatic rings. The third-order valence-corrected chi connectivity index (χ3v) is 4.33. The third kappa shape index (κ3) is 5.59. The maximum Gasteiger partial charge on any atom is 0.169 e. The zero-order valence-corrected chi connectivity index (χ0v) is 16.2. The molecule has 0 unspecified atom stereocenters. The average molecular weight is 376 g/mol. The van der Waals surface area contributed by atoms with Gasteiger partial charge in [-0.05, 0) is 61.5 Å². The van der Waals surface area contributed by atoms with Crippen LogP contribution in [0.3, 0.4) is 0 Å². The van der Waals surface area contributed by atoms with Crippen LogP contribution in [0.1, 0.15) is 25.0 Å². The first kappa shape index (κ1) is 20.0. The number of benzene rings is 2. The summed E-state index contributed by atoms with van der Waals surface area (Å²) in [6.45, 7) is 6.57. The fraction of sp³-hybridized carbons (Fsp3) is 0.350. The minimum atomic E-state index is -0.240. The molecule has 0 aliphatic rings. The molecule has 2 rings (SSSR count). The summed E-state index contributed by atoms with van der Waals surface area (Å²) < 4.78 is 23.9. The predicted octanol–water partition coefficient (Wildman–Crippen LogP) is 4.13. The minimum absolute atomic E-state index is 0.240. The fourth-order valence-corrected chi connectivity index (χ4v) is 2.79. The molecule has 6 heteroatoms. The van der Waals surface area contributed by atoms with Crippen LogP contribution in [0, 0.1) is 5.82 Å². The lowest BCUT2D eigenvalue weighted by molar-refractivity contribution is 0.310. The van der Waals surface area contributed by atoms with Gasteiger partial charge >= 0.3 is 0 Å². The van der Waals surface area contributed by atoms with E-state index < -0.39 is 0 Å². The Balaban J connectivity index is 1.99. The molecule has 0 aliphatic heterocycles. The molecule has 0 bridgehead atoms. The van der Waals surface area contributed by atoms with Gasteiger partial charge in [0.25, 0.3) is 0 Å². The van der Waals surface area contributed by atoms with Crippen LogP contribution in [-0.4, -0.2) is 30.3 Å². The summed E-state index contributed by atoms with van der Waals surface area (Å²) in [5, 5.41) is 3.89. The van der Waals surface area contributed by atoms with Crippen LogP contribution in [0.25, 0.3) is 0 Å². The normalized spacial score (nSPS) is 10.3. The molecule has 4 nitrogen and oxygen atoms in total. The molecule has 0 aliphatic carbocycles. The Hall–Kier alpha value is -2.34. The molecule has 0 radical (unpaired) electrons. The van der Waals surface area contributed by atoms with Crippen molar-refractivity contribution in [2.45, 2.75) is 26.9 Å². The molecule has 26 heavy (non-hydrogen) atoms. The lowest BCUT2D eigenvalue weighted by Crippen LogP contribution is -2.38. The quantitative estimate of drug-likeness (QED) is 0.701. The number of thiocarbonyl (C=S) groups is 1. The first-order chi connectivity index (χ1) is 12.6. The monoisotopic (exact) mass is 376 g/mol. The van der Waals surface area contributed by atoms with E-state index in [1.54, 1.807) is 19.2 Å². The minimum Gasteiger partial charge on any atom is -0.493 e. The number of nitrogens with zero attached hydrogens (tertiary/aromatic N) is 1. The number of rotatable bonds is 8. The van der Waals surface area contributed by atoms with E-state index in [4.69, 9.17) is 21.7 Å². The Labute approximate surface area is 159 Å². The van der Waals surface area contributed by atoms with Gasteiger partial charge < -0.3 is 19.7 Å². The fourth-order valence-electron chi connectivity index (χ4n) is 2.52. The highest BCUT2D eigenvalue weighted by Gasteiger charge is 2.11. The van der Waals surface area contributed by atoms with Gasteiger partial charge in [-0.15, -0.1) is 0 Å². The van der Waals surface area contributed by atoms with E-state index in [0.717, 1.165) is 23.4 Å². The number of halogens is 1. The Bertz CT molecular complexity index is 722. The molecular weight excluding hydrogens is 351 g/mol. The van der Waals surface area contributed by atoms with Gasteiger partial charge in [0.1, 0.15) is 5.82 Å². The van der Waals surface area contributed by atoms with E-state index in [0.29, 0.717) is 30.6 Å². The maximum atomic E-state index is 13.0. The standard InChI is InChI=1S/C20H25FN2O2S/c1-4-23(20(26)22-13-15-6-9-17(21)10-7-15)14-16-8-11-18(25-5-2)19(12-16)24-3/h6-12H,4-5,13-14H2,1-3H3,(H,22,26). The topological polar surface area (TPSA) is 33.7 Å². The van der Waals surface area contributed by atoms with Crippen molar-refractivity contribution >= 4 is 17.3 Å². The molecule has 1 N–H and O–H groups in total. The predicted molar refractivity (Wildman–Crippen MR) is 106 cm³/mol. The first-order valence-corrected chi connectivity index (χ1v) is 9.05. The van der Waals surface area contributed by atoms with Gasteiger partial charge in [-0.3, -0.25) is 0 Å². The van der Waals surface area contributed by atoms with Crippen LogP contribution >= 0.6 is 12.2 Å². The highest BCUT2D eigenvalue weighted by Crippen LogP contribution is 2.28. The second-order valence-electron chi connectivity index (χ2n) is 5.72. The van der Waals surface area contributed by atoms with Crippen LogP contribution in [0.4, 0.5) is 4.39 Å². The Morgan fingerprint density at radius 2 is 1.77 bits per heavy atom. The van der Waals surface area contributed by atoms with Gasteiger partial charge in [-0.2, -0.15) is 0 Å². The van der Waals surface area contributed by atoms with Crippen molar-refractivity contribution in [1.82, 2.24) is 10.2 Å².